The summed E-state index contributed by atoms with van der Waals surface area (Å²) in [6.45, 7) is 2.42. The van der Waals surface area contributed by atoms with Crippen molar-refractivity contribution in [2.45, 2.75) is 51.0 Å². The van der Waals surface area contributed by atoms with Gasteiger partial charge < -0.3 is 10.1 Å². The highest BCUT2D eigenvalue weighted by molar-refractivity contribution is 5.79. The summed E-state index contributed by atoms with van der Waals surface area (Å²) in [4.78, 5) is 22.8. The van der Waals surface area contributed by atoms with E-state index in [2.05, 4.69) is 11.4 Å². The molecule has 22 heavy (non-hydrogen) atoms. The van der Waals surface area contributed by atoms with Crippen LogP contribution in [-0.4, -0.2) is 18.3 Å². The minimum absolute atomic E-state index is 0.160. The van der Waals surface area contributed by atoms with Crippen LogP contribution < -0.4 is 10.1 Å². The van der Waals surface area contributed by atoms with Crippen molar-refractivity contribution in [1.29, 1.82) is 0 Å². The second-order valence-corrected chi connectivity index (χ2v) is 6.57. The Hall–Kier alpha value is -1.68. The number of hydrogen-bond acceptors (Lipinski definition) is 4. The molecule has 0 radical (unpaired) electrons. The molecule has 3 rings (SSSR count). The lowest BCUT2D eigenvalue weighted by atomic mass is 9.76. The van der Waals surface area contributed by atoms with Gasteiger partial charge >= 0.3 is 5.97 Å². The quantitative estimate of drug-likeness (QED) is 0.671. The summed E-state index contributed by atoms with van der Waals surface area (Å²) < 4.78 is 5.22. The fourth-order valence-corrected chi connectivity index (χ4v) is 3.21. The van der Waals surface area contributed by atoms with Crippen LogP contribution in [0.5, 0.6) is 5.75 Å². The summed E-state index contributed by atoms with van der Waals surface area (Å²) in [5, 5.41) is 3.72. The van der Waals surface area contributed by atoms with E-state index >= 15 is 0 Å². The van der Waals surface area contributed by atoms with E-state index in [4.69, 9.17) is 4.74 Å². The highest BCUT2D eigenvalue weighted by Gasteiger charge is 2.37. The van der Waals surface area contributed by atoms with Crippen molar-refractivity contribution < 1.29 is 14.3 Å². The van der Waals surface area contributed by atoms with Crippen molar-refractivity contribution >= 4 is 11.8 Å². The van der Waals surface area contributed by atoms with Crippen LogP contribution >= 0.6 is 0 Å². The molecule has 0 spiro atoms. The number of nitrogens with one attached hydrogen (secondary N) is 1. The Morgan fingerprint density at radius 3 is 2.68 bits per heavy atom. The van der Waals surface area contributed by atoms with Crippen LogP contribution in [0, 0.1) is 5.92 Å². The number of Topliss-reactive ketones (excluding diaryl/α,β-unsaturated/α-hetero) is 1. The average molecular weight is 301 g/mol. The van der Waals surface area contributed by atoms with Crippen LogP contribution in [0.4, 0.5) is 0 Å². The van der Waals surface area contributed by atoms with E-state index in [1.807, 2.05) is 12.1 Å². The highest BCUT2D eigenvalue weighted by Crippen LogP contribution is 2.38. The number of carbonyl (C=O) groups is 2. The number of rotatable bonds is 5. The Morgan fingerprint density at radius 1 is 1.32 bits per heavy atom. The molecule has 0 aliphatic heterocycles. The second-order valence-electron chi connectivity index (χ2n) is 6.57. The Labute approximate surface area is 131 Å². The first-order valence-corrected chi connectivity index (χ1v) is 8.13. The van der Waals surface area contributed by atoms with Gasteiger partial charge in [-0.2, -0.15) is 0 Å². The first-order chi connectivity index (χ1) is 10.6. The molecule has 1 N–H and O–H groups in total. The van der Waals surface area contributed by atoms with Crippen molar-refractivity contribution in [3.8, 4) is 5.75 Å². The number of esters is 1. The Morgan fingerprint density at radius 2 is 2.05 bits per heavy atom. The molecule has 0 atom stereocenters. The third-order valence-electron chi connectivity index (χ3n) is 4.74. The van der Waals surface area contributed by atoms with E-state index in [-0.39, 0.29) is 11.5 Å². The van der Waals surface area contributed by atoms with Gasteiger partial charge in [0, 0.05) is 25.3 Å². The van der Waals surface area contributed by atoms with Crippen molar-refractivity contribution in [3.63, 3.8) is 0 Å². The lowest BCUT2D eigenvalue weighted by molar-refractivity contribution is -0.131. The molecule has 118 valence electrons. The zero-order valence-corrected chi connectivity index (χ0v) is 13.1. The Bertz CT molecular complexity index is 567. The van der Waals surface area contributed by atoms with Crippen LogP contribution in [0.25, 0.3) is 0 Å². The van der Waals surface area contributed by atoms with Gasteiger partial charge in [-0.25, -0.2) is 0 Å². The van der Waals surface area contributed by atoms with Gasteiger partial charge in [-0.3, -0.25) is 9.59 Å². The van der Waals surface area contributed by atoms with Crippen molar-refractivity contribution in [3.05, 3.63) is 29.8 Å². The maximum absolute atomic E-state index is 11.6. The normalized spacial score (nSPS) is 20.7. The molecular formula is C18H23NO3. The molecule has 1 aromatic rings. The van der Waals surface area contributed by atoms with E-state index in [0.717, 1.165) is 30.9 Å². The largest absolute Gasteiger partial charge is 0.427 e. The molecule has 2 aliphatic rings. The minimum atomic E-state index is -0.309. The topological polar surface area (TPSA) is 55.4 Å². The summed E-state index contributed by atoms with van der Waals surface area (Å²) in [6.07, 6.45) is 5.49. The van der Waals surface area contributed by atoms with E-state index in [0.29, 0.717) is 24.4 Å². The molecule has 0 amide bonds. The van der Waals surface area contributed by atoms with E-state index in [9.17, 15) is 9.59 Å². The van der Waals surface area contributed by atoms with E-state index in [1.165, 1.54) is 19.8 Å². The zero-order valence-electron chi connectivity index (χ0n) is 13.1. The maximum Gasteiger partial charge on any atom is 0.308 e. The number of carbonyl (C=O) groups excluding carboxylic acids is 2. The van der Waals surface area contributed by atoms with E-state index in [1.54, 1.807) is 6.07 Å². The molecule has 0 heterocycles. The van der Waals surface area contributed by atoms with Gasteiger partial charge in [0.2, 0.25) is 0 Å². The number of benzene rings is 1. The lowest BCUT2D eigenvalue weighted by Crippen LogP contribution is -2.46. The first-order valence-electron chi connectivity index (χ1n) is 8.13. The van der Waals surface area contributed by atoms with Crippen LogP contribution in [0.1, 0.15) is 51.0 Å². The fraction of sp³-hybridized carbons (Fsp3) is 0.556. The van der Waals surface area contributed by atoms with Gasteiger partial charge in [-0.1, -0.05) is 12.1 Å². The average Bonchev–Trinajstić information content (AvgIpc) is 3.31. The number of hydrogen-bond donors (Lipinski definition) is 1. The number of ketones is 1. The molecular weight excluding hydrogens is 278 g/mol. The molecule has 1 aromatic carbocycles. The van der Waals surface area contributed by atoms with Gasteiger partial charge in [0.15, 0.2) is 0 Å². The monoisotopic (exact) mass is 301 g/mol. The standard InChI is InChI=1S/C18H23NO3/c1-13(20)22-17-4-2-3-15(11-17)18(19-12-14-5-6-14)9-7-16(21)8-10-18/h2-4,11,14,19H,5-10,12H2,1H3. The summed E-state index contributed by atoms with van der Waals surface area (Å²) >= 11 is 0. The fourth-order valence-electron chi connectivity index (χ4n) is 3.21. The van der Waals surface area contributed by atoms with Crippen molar-refractivity contribution in [2.75, 3.05) is 6.54 Å². The third-order valence-corrected chi connectivity index (χ3v) is 4.74. The zero-order chi connectivity index (χ0) is 15.6. The van der Waals surface area contributed by atoms with Gasteiger partial charge in [0.25, 0.3) is 0 Å². The van der Waals surface area contributed by atoms with Gasteiger partial charge in [-0.15, -0.1) is 0 Å². The lowest BCUT2D eigenvalue weighted by Gasteiger charge is -2.38. The molecule has 0 aromatic heterocycles. The molecule has 2 aliphatic carbocycles. The summed E-state index contributed by atoms with van der Waals surface area (Å²) in [6, 6.07) is 7.73. The summed E-state index contributed by atoms with van der Waals surface area (Å²) in [5.41, 5.74) is 0.964. The highest BCUT2D eigenvalue weighted by atomic mass is 16.5. The number of ether oxygens (including phenoxy) is 1. The molecule has 4 nitrogen and oxygen atoms in total. The first kappa shape index (κ1) is 15.2. The summed E-state index contributed by atoms with van der Waals surface area (Å²) in [5.74, 6) is 1.40. The maximum atomic E-state index is 11.6. The Kier molecular flexibility index (Phi) is 4.30. The molecule has 2 fully saturated rings. The van der Waals surface area contributed by atoms with Gasteiger partial charge in [0.1, 0.15) is 11.5 Å². The Balaban J connectivity index is 1.83. The van der Waals surface area contributed by atoms with Crippen LogP contribution in [-0.2, 0) is 15.1 Å². The van der Waals surface area contributed by atoms with Crippen molar-refractivity contribution in [1.82, 2.24) is 5.32 Å². The predicted octanol–water partition coefficient (Wildman–Crippen LogP) is 2.95. The smallest absolute Gasteiger partial charge is 0.308 e. The summed E-state index contributed by atoms with van der Waals surface area (Å²) in [7, 11) is 0. The minimum Gasteiger partial charge on any atom is -0.427 e. The van der Waals surface area contributed by atoms with Crippen LogP contribution in [0.2, 0.25) is 0 Å². The molecule has 0 bridgehead atoms. The molecule has 0 unspecified atom stereocenters. The van der Waals surface area contributed by atoms with E-state index < -0.39 is 0 Å². The second kappa shape index (κ2) is 6.21. The van der Waals surface area contributed by atoms with Crippen LogP contribution in [0.15, 0.2) is 24.3 Å². The predicted molar refractivity (Wildman–Crippen MR) is 83.6 cm³/mol. The third kappa shape index (κ3) is 3.55. The molecule has 4 heteroatoms. The SMILES string of the molecule is CC(=O)Oc1cccc(C2(NCC3CC3)CCC(=O)CC2)c1. The molecule has 0 saturated heterocycles. The molecule has 2 saturated carbocycles. The van der Waals surface area contributed by atoms with Gasteiger partial charge in [-0.05, 0) is 55.8 Å². The van der Waals surface area contributed by atoms with Crippen LogP contribution in [0.3, 0.4) is 0 Å². The van der Waals surface area contributed by atoms with Crippen molar-refractivity contribution in [2.24, 2.45) is 5.92 Å². The van der Waals surface area contributed by atoms with Gasteiger partial charge in [0.05, 0.1) is 0 Å².